The number of allylic oxidation sites excluding steroid dienone is 1. The SMILES string of the molecule is C=CC(C)c1cc(I)cc(C2CC2)c1. The van der Waals surface area contributed by atoms with Crippen molar-refractivity contribution in [1.82, 2.24) is 0 Å². The predicted octanol–water partition coefficient (Wildman–Crippen LogP) is 4.46. The largest absolute Gasteiger partial charge is 0.102 e. The molecule has 1 fully saturated rings. The maximum Gasteiger partial charge on any atom is 0.0136 e. The van der Waals surface area contributed by atoms with E-state index in [4.69, 9.17) is 0 Å². The van der Waals surface area contributed by atoms with E-state index in [0.29, 0.717) is 5.92 Å². The monoisotopic (exact) mass is 298 g/mol. The molecule has 14 heavy (non-hydrogen) atoms. The third kappa shape index (κ3) is 2.19. The molecule has 1 aromatic carbocycles. The van der Waals surface area contributed by atoms with Crippen molar-refractivity contribution >= 4 is 22.6 Å². The lowest BCUT2D eigenvalue weighted by molar-refractivity contribution is 0.957. The number of rotatable bonds is 3. The molecule has 2 rings (SSSR count). The van der Waals surface area contributed by atoms with Crippen LogP contribution in [0.15, 0.2) is 30.9 Å². The van der Waals surface area contributed by atoms with Gasteiger partial charge >= 0.3 is 0 Å². The lowest BCUT2D eigenvalue weighted by atomic mass is 9.98. The normalized spacial score (nSPS) is 17.9. The number of hydrogen-bond donors (Lipinski definition) is 0. The van der Waals surface area contributed by atoms with E-state index in [1.54, 1.807) is 0 Å². The van der Waals surface area contributed by atoms with Crippen molar-refractivity contribution < 1.29 is 0 Å². The fraction of sp³-hybridized carbons (Fsp3) is 0.385. The van der Waals surface area contributed by atoms with E-state index >= 15 is 0 Å². The minimum absolute atomic E-state index is 0.474. The summed E-state index contributed by atoms with van der Waals surface area (Å²) >= 11 is 2.41. The molecule has 0 nitrogen and oxygen atoms in total. The van der Waals surface area contributed by atoms with Crippen LogP contribution in [0.4, 0.5) is 0 Å². The van der Waals surface area contributed by atoms with Crippen molar-refractivity contribution in [2.45, 2.75) is 31.6 Å². The summed E-state index contributed by atoms with van der Waals surface area (Å²) in [5.41, 5.74) is 2.94. The lowest BCUT2D eigenvalue weighted by Gasteiger charge is -2.09. The summed E-state index contributed by atoms with van der Waals surface area (Å²) in [6.07, 6.45) is 4.77. The van der Waals surface area contributed by atoms with E-state index in [9.17, 15) is 0 Å². The first-order valence-electron chi connectivity index (χ1n) is 5.13. The van der Waals surface area contributed by atoms with Crippen molar-refractivity contribution in [3.8, 4) is 0 Å². The highest BCUT2D eigenvalue weighted by Gasteiger charge is 2.24. The maximum atomic E-state index is 3.85. The summed E-state index contributed by atoms with van der Waals surface area (Å²) in [4.78, 5) is 0. The highest BCUT2D eigenvalue weighted by atomic mass is 127. The third-order valence-electron chi connectivity index (χ3n) is 2.87. The fourth-order valence-electron chi connectivity index (χ4n) is 1.69. The van der Waals surface area contributed by atoms with Crippen LogP contribution in [0.2, 0.25) is 0 Å². The van der Waals surface area contributed by atoms with Gasteiger partial charge in [-0.25, -0.2) is 0 Å². The second-order valence-electron chi connectivity index (χ2n) is 4.12. The Balaban J connectivity index is 2.35. The fourth-order valence-corrected chi connectivity index (χ4v) is 2.41. The van der Waals surface area contributed by atoms with E-state index < -0.39 is 0 Å². The van der Waals surface area contributed by atoms with E-state index in [0.717, 1.165) is 5.92 Å². The topological polar surface area (TPSA) is 0 Å². The first-order chi connectivity index (χ1) is 6.70. The number of hydrogen-bond acceptors (Lipinski definition) is 0. The van der Waals surface area contributed by atoms with Crippen molar-refractivity contribution in [2.24, 2.45) is 0 Å². The van der Waals surface area contributed by atoms with Crippen molar-refractivity contribution in [3.63, 3.8) is 0 Å². The van der Waals surface area contributed by atoms with Crippen molar-refractivity contribution in [3.05, 3.63) is 45.6 Å². The molecule has 0 bridgehead atoms. The van der Waals surface area contributed by atoms with Gasteiger partial charge in [0.25, 0.3) is 0 Å². The van der Waals surface area contributed by atoms with Crippen molar-refractivity contribution in [1.29, 1.82) is 0 Å². The Kier molecular flexibility index (Phi) is 2.96. The zero-order chi connectivity index (χ0) is 10.1. The van der Waals surface area contributed by atoms with E-state index in [2.05, 4.69) is 54.3 Å². The summed E-state index contributed by atoms with van der Waals surface area (Å²) in [5, 5.41) is 0. The Morgan fingerprint density at radius 1 is 1.43 bits per heavy atom. The van der Waals surface area contributed by atoms with Crippen molar-refractivity contribution in [2.75, 3.05) is 0 Å². The smallest absolute Gasteiger partial charge is 0.0136 e. The van der Waals surface area contributed by atoms with Gasteiger partial charge in [-0.3, -0.25) is 0 Å². The molecule has 1 aromatic rings. The van der Waals surface area contributed by atoms with Crippen LogP contribution >= 0.6 is 22.6 Å². The maximum absolute atomic E-state index is 3.85. The average molecular weight is 298 g/mol. The molecule has 0 radical (unpaired) electrons. The molecule has 1 atom stereocenters. The highest BCUT2D eigenvalue weighted by molar-refractivity contribution is 14.1. The minimum Gasteiger partial charge on any atom is -0.102 e. The molecule has 0 spiro atoms. The van der Waals surface area contributed by atoms with Gasteiger partial charge in [0.15, 0.2) is 0 Å². The van der Waals surface area contributed by atoms with Gasteiger partial charge in [0.05, 0.1) is 0 Å². The summed E-state index contributed by atoms with van der Waals surface area (Å²) in [6, 6.07) is 6.93. The van der Waals surface area contributed by atoms with Crippen LogP contribution < -0.4 is 0 Å². The Labute approximate surface area is 99.6 Å². The van der Waals surface area contributed by atoms with Crippen LogP contribution in [0, 0.1) is 3.57 Å². The second kappa shape index (κ2) is 4.05. The molecule has 1 aliphatic rings. The first-order valence-corrected chi connectivity index (χ1v) is 6.21. The zero-order valence-electron chi connectivity index (χ0n) is 8.46. The molecule has 1 heteroatoms. The molecular weight excluding hydrogens is 283 g/mol. The molecule has 0 amide bonds. The average Bonchev–Trinajstić information content (AvgIpc) is 2.98. The van der Waals surface area contributed by atoms with Crippen LogP contribution in [0.5, 0.6) is 0 Å². The van der Waals surface area contributed by atoms with E-state index in [1.807, 2.05) is 6.08 Å². The molecule has 0 saturated heterocycles. The van der Waals surface area contributed by atoms with Crippen LogP contribution in [0.25, 0.3) is 0 Å². The highest BCUT2D eigenvalue weighted by Crippen LogP contribution is 2.41. The zero-order valence-corrected chi connectivity index (χ0v) is 10.6. The molecule has 1 aliphatic carbocycles. The van der Waals surface area contributed by atoms with Gasteiger partial charge in [-0.1, -0.05) is 19.1 Å². The van der Waals surface area contributed by atoms with Gasteiger partial charge in [-0.2, -0.15) is 0 Å². The minimum atomic E-state index is 0.474. The van der Waals surface area contributed by atoms with Gasteiger partial charge in [0.2, 0.25) is 0 Å². The van der Waals surface area contributed by atoms with Crippen LogP contribution in [-0.4, -0.2) is 0 Å². The Morgan fingerprint density at radius 2 is 2.14 bits per heavy atom. The van der Waals surface area contributed by atoms with Gasteiger partial charge in [0, 0.05) is 3.57 Å². The Morgan fingerprint density at radius 3 is 2.71 bits per heavy atom. The molecule has 0 aliphatic heterocycles. The molecule has 0 N–H and O–H groups in total. The first kappa shape index (κ1) is 10.2. The van der Waals surface area contributed by atoms with Crippen LogP contribution in [0.3, 0.4) is 0 Å². The van der Waals surface area contributed by atoms with Crippen LogP contribution in [-0.2, 0) is 0 Å². The summed E-state index contributed by atoms with van der Waals surface area (Å²) in [7, 11) is 0. The number of halogens is 1. The van der Waals surface area contributed by atoms with E-state index in [-0.39, 0.29) is 0 Å². The summed E-state index contributed by atoms with van der Waals surface area (Å²) in [6.45, 7) is 6.06. The summed E-state index contributed by atoms with van der Waals surface area (Å²) in [5.74, 6) is 1.32. The second-order valence-corrected chi connectivity index (χ2v) is 5.36. The lowest BCUT2D eigenvalue weighted by Crippen LogP contribution is -1.92. The van der Waals surface area contributed by atoms with Gasteiger partial charge < -0.3 is 0 Å². The van der Waals surface area contributed by atoms with Gasteiger partial charge in [-0.05, 0) is 70.5 Å². The Bertz CT molecular complexity index is 350. The standard InChI is InChI=1S/C13H15I/c1-3-9(2)11-6-12(10-4-5-10)8-13(14)7-11/h3,6-10H,1,4-5H2,2H3. The van der Waals surface area contributed by atoms with Gasteiger partial charge in [0.1, 0.15) is 0 Å². The molecular formula is C13H15I. The van der Waals surface area contributed by atoms with Crippen LogP contribution in [0.1, 0.15) is 42.7 Å². The predicted molar refractivity (Wildman–Crippen MR) is 69.7 cm³/mol. The Hall–Kier alpha value is -0.310. The molecule has 0 aromatic heterocycles. The van der Waals surface area contributed by atoms with Gasteiger partial charge in [-0.15, -0.1) is 6.58 Å². The van der Waals surface area contributed by atoms with E-state index in [1.165, 1.54) is 27.5 Å². The molecule has 74 valence electrons. The quantitative estimate of drug-likeness (QED) is 0.571. The number of benzene rings is 1. The summed E-state index contributed by atoms with van der Waals surface area (Å²) < 4.78 is 1.36. The molecule has 1 unspecified atom stereocenters. The molecule has 1 saturated carbocycles. The molecule has 0 heterocycles. The third-order valence-corrected chi connectivity index (χ3v) is 3.49.